The summed E-state index contributed by atoms with van der Waals surface area (Å²) in [5.41, 5.74) is -0.692. The standard InChI is InChI=1S/C13H21N3O/c1-15-7-4-8-16(10-9-15)12(17)13(11-14)5-2-3-6-13/h2-10H2,1H3. The molecule has 2 fully saturated rings. The summed E-state index contributed by atoms with van der Waals surface area (Å²) in [6.07, 6.45) is 4.58. The van der Waals surface area contributed by atoms with Crippen LogP contribution in [0.3, 0.4) is 0 Å². The number of amides is 1. The molecule has 2 aliphatic rings. The van der Waals surface area contributed by atoms with Gasteiger partial charge in [-0.15, -0.1) is 0 Å². The quantitative estimate of drug-likeness (QED) is 0.687. The van der Waals surface area contributed by atoms with Crippen LogP contribution in [-0.2, 0) is 4.79 Å². The Hall–Kier alpha value is -1.08. The molecule has 1 aliphatic heterocycles. The molecule has 2 rings (SSSR count). The van der Waals surface area contributed by atoms with Crippen molar-refractivity contribution < 1.29 is 4.79 Å². The molecule has 1 heterocycles. The minimum absolute atomic E-state index is 0.0906. The molecular weight excluding hydrogens is 214 g/mol. The first-order valence-electron chi connectivity index (χ1n) is 6.57. The largest absolute Gasteiger partial charge is 0.340 e. The van der Waals surface area contributed by atoms with Crippen LogP contribution in [0.2, 0.25) is 0 Å². The van der Waals surface area contributed by atoms with Crippen LogP contribution in [0.1, 0.15) is 32.1 Å². The van der Waals surface area contributed by atoms with Gasteiger partial charge in [-0.1, -0.05) is 12.8 Å². The summed E-state index contributed by atoms with van der Waals surface area (Å²) in [6, 6.07) is 2.30. The van der Waals surface area contributed by atoms with E-state index < -0.39 is 5.41 Å². The molecular formula is C13H21N3O. The molecule has 0 aromatic carbocycles. The predicted octanol–water partition coefficient (Wildman–Crippen LogP) is 1.23. The summed E-state index contributed by atoms with van der Waals surface area (Å²) >= 11 is 0. The maximum atomic E-state index is 12.5. The molecule has 0 aromatic rings. The number of nitriles is 1. The van der Waals surface area contributed by atoms with Crippen molar-refractivity contribution in [3.63, 3.8) is 0 Å². The van der Waals surface area contributed by atoms with Crippen molar-refractivity contribution in [2.24, 2.45) is 5.41 Å². The minimum atomic E-state index is -0.692. The molecule has 1 aliphatic carbocycles. The van der Waals surface area contributed by atoms with Crippen LogP contribution < -0.4 is 0 Å². The topological polar surface area (TPSA) is 47.3 Å². The van der Waals surface area contributed by atoms with Gasteiger partial charge >= 0.3 is 0 Å². The van der Waals surface area contributed by atoms with Crippen molar-refractivity contribution in [3.8, 4) is 6.07 Å². The van der Waals surface area contributed by atoms with Crippen LogP contribution >= 0.6 is 0 Å². The van der Waals surface area contributed by atoms with Gasteiger partial charge in [0.05, 0.1) is 6.07 Å². The van der Waals surface area contributed by atoms with E-state index in [9.17, 15) is 10.1 Å². The molecule has 0 N–H and O–H groups in total. The second-order valence-electron chi connectivity index (χ2n) is 5.35. The smallest absolute Gasteiger partial charge is 0.243 e. The SMILES string of the molecule is CN1CCCN(C(=O)C2(C#N)CCCC2)CC1. The molecule has 1 amide bonds. The van der Waals surface area contributed by atoms with E-state index >= 15 is 0 Å². The minimum Gasteiger partial charge on any atom is -0.340 e. The number of carbonyl (C=O) groups is 1. The van der Waals surface area contributed by atoms with E-state index in [0.717, 1.165) is 58.3 Å². The Balaban J connectivity index is 2.06. The monoisotopic (exact) mass is 235 g/mol. The van der Waals surface area contributed by atoms with E-state index in [1.54, 1.807) is 0 Å². The van der Waals surface area contributed by atoms with E-state index in [4.69, 9.17) is 0 Å². The highest BCUT2D eigenvalue weighted by atomic mass is 16.2. The fourth-order valence-corrected chi connectivity index (χ4v) is 2.90. The summed E-state index contributed by atoms with van der Waals surface area (Å²) in [5.74, 6) is 0.0906. The lowest BCUT2D eigenvalue weighted by Crippen LogP contribution is -2.43. The Morgan fingerprint density at radius 2 is 1.82 bits per heavy atom. The van der Waals surface area contributed by atoms with Crippen molar-refractivity contribution in [2.75, 3.05) is 33.2 Å². The number of hydrogen-bond acceptors (Lipinski definition) is 3. The summed E-state index contributed by atoms with van der Waals surface area (Å²) < 4.78 is 0. The lowest BCUT2D eigenvalue weighted by atomic mass is 9.86. The average Bonchev–Trinajstić information content (AvgIpc) is 2.73. The van der Waals surface area contributed by atoms with Crippen LogP contribution in [0.25, 0.3) is 0 Å². The van der Waals surface area contributed by atoms with Crippen molar-refractivity contribution in [1.29, 1.82) is 5.26 Å². The Bertz CT molecular complexity index is 328. The molecule has 4 heteroatoms. The predicted molar refractivity (Wildman–Crippen MR) is 65.2 cm³/mol. The zero-order chi connectivity index (χ0) is 12.3. The Kier molecular flexibility index (Phi) is 3.68. The summed E-state index contributed by atoms with van der Waals surface area (Å²) in [6.45, 7) is 3.56. The van der Waals surface area contributed by atoms with Gasteiger partial charge in [-0.3, -0.25) is 4.79 Å². The molecule has 17 heavy (non-hydrogen) atoms. The first kappa shape index (κ1) is 12.4. The number of rotatable bonds is 1. The van der Waals surface area contributed by atoms with Gasteiger partial charge in [0, 0.05) is 19.6 Å². The summed E-state index contributed by atoms with van der Waals surface area (Å²) in [4.78, 5) is 16.7. The van der Waals surface area contributed by atoms with Gasteiger partial charge in [-0.2, -0.15) is 5.26 Å². The normalized spacial score (nSPS) is 25.3. The molecule has 0 bridgehead atoms. The highest BCUT2D eigenvalue weighted by Gasteiger charge is 2.43. The third-order valence-electron chi connectivity index (χ3n) is 4.09. The van der Waals surface area contributed by atoms with Gasteiger partial charge in [-0.25, -0.2) is 0 Å². The van der Waals surface area contributed by atoms with E-state index in [1.807, 2.05) is 4.90 Å². The highest BCUT2D eigenvalue weighted by Crippen LogP contribution is 2.39. The molecule has 94 valence electrons. The fraction of sp³-hybridized carbons (Fsp3) is 0.846. The lowest BCUT2D eigenvalue weighted by Gasteiger charge is -2.28. The van der Waals surface area contributed by atoms with Crippen molar-refractivity contribution in [1.82, 2.24) is 9.80 Å². The van der Waals surface area contributed by atoms with Gasteiger partial charge in [0.15, 0.2) is 0 Å². The second-order valence-corrected chi connectivity index (χ2v) is 5.35. The maximum absolute atomic E-state index is 12.5. The zero-order valence-electron chi connectivity index (χ0n) is 10.6. The van der Waals surface area contributed by atoms with Crippen molar-refractivity contribution in [3.05, 3.63) is 0 Å². The number of likely N-dealkylation sites (N-methyl/N-ethyl adjacent to an activating group) is 1. The van der Waals surface area contributed by atoms with Crippen LogP contribution in [0.5, 0.6) is 0 Å². The number of hydrogen-bond donors (Lipinski definition) is 0. The molecule has 0 atom stereocenters. The molecule has 0 spiro atoms. The Morgan fingerprint density at radius 3 is 2.47 bits per heavy atom. The lowest BCUT2D eigenvalue weighted by molar-refractivity contribution is -0.138. The zero-order valence-corrected chi connectivity index (χ0v) is 10.6. The van der Waals surface area contributed by atoms with Crippen LogP contribution in [0, 0.1) is 16.7 Å². The molecule has 1 saturated carbocycles. The second kappa shape index (κ2) is 5.05. The highest BCUT2D eigenvalue weighted by molar-refractivity contribution is 5.85. The summed E-state index contributed by atoms with van der Waals surface area (Å²) in [5, 5.41) is 9.33. The molecule has 4 nitrogen and oxygen atoms in total. The van der Waals surface area contributed by atoms with Crippen LogP contribution in [0.15, 0.2) is 0 Å². The number of carbonyl (C=O) groups excluding carboxylic acids is 1. The van der Waals surface area contributed by atoms with E-state index in [-0.39, 0.29) is 5.91 Å². The average molecular weight is 235 g/mol. The summed E-state index contributed by atoms with van der Waals surface area (Å²) in [7, 11) is 2.09. The molecule has 0 radical (unpaired) electrons. The fourth-order valence-electron chi connectivity index (χ4n) is 2.90. The van der Waals surface area contributed by atoms with Gasteiger partial charge in [-0.05, 0) is 32.9 Å². The first-order chi connectivity index (χ1) is 8.18. The Morgan fingerprint density at radius 1 is 1.12 bits per heavy atom. The van der Waals surface area contributed by atoms with Crippen LogP contribution in [0.4, 0.5) is 0 Å². The maximum Gasteiger partial charge on any atom is 0.243 e. The Labute approximate surface area is 103 Å². The molecule has 0 unspecified atom stereocenters. The van der Waals surface area contributed by atoms with Gasteiger partial charge < -0.3 is 9.80 Å². The van der Waals surface area contributed by atoms with E-state index in [0.29, 0.717) is 0 Å². The first-order valence-corrected chi connectivity index (χ1v) is 6.57. The third-order valence-corrected chi connectivity index (χ3v) is 4.09. The van der Waals surface area contributed by atoms with Crippen molar-refractivity contribution >= 4 is 5.91 Å². The number of nitrogens with zero attached hydrogens (tertiary/aromatic N) is 3. The van der Waals surface area contributed by atoms with E-state index in [1.165, 1.54) is 0 Å². The molecule has 1 saturated heterocycles. The van der Waals surface area contributed by atoms with Gasteiger partial charge in [0.1, 0.15) is 5.41 Å². The van der Waals surface area contributed by atoms with Crippen LogP contribution in [-0.4, -0.2) is 48.9 Å². The third kappa shape index (κ3) is 2.44. The molecule has 0 aromatic heterocycles. The van der Waals surface area contributed by atoms with Gasteiger partial charge in [0.2, 0.25) is 5.91 Å². The van der Waals surface area contributed by atoms with Crippen molar-refractivity contribution in [2.45, 2.75) is 32.1 Å². The van der Waals surface area contributed by atoms with Gasteiger partial charge in [0.25, 0.3) is 0 Å². The van der Waals surface area contributed by atoms with E-state index in [2.05, 4.69) is 18.0 Å².